The number of aryl methyl sites for hydroxylation is 1. The fraction of sp³-hybridized carbons (Fsp3) is 0.314. The number of rotatable bonds is 7. The van der Waals surface area contributed by atoms with Gasteiger partial charge in [-0.2, -0.15) is 0 Å². The zero-order chi connectivity index (χ0) is 31.7. The molecule has 4 aromatic rings. The summed E-state index contributed by atoms with van der Waals surface area (Å²) in [6, 6.07) is 22.3. The number of carbonyl (C=O) groups is 3. The number of imide groups is 1. The van der Waals surface area contributed by atoms with Gasteiger partial charge in [-0.05, 0) is 73.6 Å². The Balaban J connectivity index is 1.11. The molecule has 3 amide bonds. The summed E-state index contributed by atoms with van der Waals surface area (Å²) in [5, 5.41) is 3.74. The van der Waals surface area contributed by atoms with E-state index in [4.69, 9.17) is 9.47 Å². The maximum absolute atomic E-state index is 14.1. The molecule has 9 nitrogen and oxygen atoms in total. The number of ether oxygens (including phenoxy) is 2. The van der Waals surface area contributed by atoms with E-state index >= 15 is 0 Å². The van der Waals surface area contributed by atoms with E-state index < -0.39 is 11.8 Å². The lowest BCUT2D eigenvalue weighted by Gasteiger charge is -2.43. The van der Waals surface area contributed by atoms with Gasteiger partial charge < -0.3 is 19.8 Å². The summed E-state index contributed by atoms with van der Waals surface area (Å²) in [4.78, 5) is 58.8. The monoisotopic (exact) mass is 653 g/mol. The van der Waals surface area contributed by atoms with Gasteiger partial charge in [0.2, 0.25) is 11.8 Å². The number of hydrogen-bond donors (Lipinski definition) is 2. The van der Waals surface area contributed by atoms with Crippen molar-refractivity contribution in [3.63, 3.8) is 0 Å². The largest absolute Gasteiger partial charge is 0.497 e. The molecule has 0 spiro atoms. The highest BCUT2D eigenvalue weighted by Crippen LogP contribution is 2.69. The molecule has 1 aromatic heterocycles. The minimum atomic E-state index is -0.422. The predicted octanol–water partition coefficient (Wildman–Crippen LogP) is 5.45. The molecule has 4 aliphatic rings. The summed E-state index contributed by atoms with van der Waals surface area (Å²) >= 11 is 2.83. The average molecular weight is 654 g/mol. The number of amides is 3. The minimum absolute atomic E-state index is 0.00267. The Bertz CT molecular complexity index is 1920. The van der Waals surface area contributed by atoms with Gasteiger partial charge in [0.05, 0.1) is 29.7 Å². The second-order valence-electron chi connectivity index (χ2n) is 12.4. The van der Waals surface area contributed by atoms with Crippen LogP contribution in [0.2, 0.25) is 0 Å². The lowest BCUT2D eigenvalue weighted by atomic mass is 9.68. The van der Waals surface area contributed by atoms with Crippen molar-refractivity contribution < 1.29 is 23.9 Å². The maximum Gasteiger partial charge on any atom is 0.305 e. The van der Waals surface area contributed by atoms with Gasteiger partial charge in [-0.25, -0.2) is 0 Å². The number of aromatic amines is 1. The Kier molecular flexibility index (Phi) is 7.06. The predicted molar refractivity (Wildman–Crippen MR) is 176 cm³/mol. The first kappa shape index (κ1) is 29.1. The molecule has 0 unspecified atom stereocenters. The summed E-state index contributed by atoms with van der Waals surface area (Å²) in [6.45, 7) is 1.80. The van der Waals surface area contributed by atoms with Crippen LogP contribution in [0.3, 0.4) is 0 Å². The number of carbonyl (C=O) groups excluding carboxylic acids is 3. The van der Waals surface area contributed by atoms with E-state index in [1.807, 2.05) is 55.5 Å². The topological polar surface area (TPSA) is 118 Å². The van der Waals surface area contributed by atoms with Crippen molar-refractivity contribution in [2.24, 2.45) is 29.6 Å². The minimum Gasteiger partial charge on any atom is -0.497 e. The van der Waals surface area contributed by atoms with Crippen LogP contribution < -0.4 is 24.6 Å². The number of thiazole rings is 1. The second-order valence-corrected chi connectivity index (χ2v) is 14.6. The van der Waals surface area contributed by atoms with Crippen LogP contribution in [0.1, 0.15) is 28.3 Å². The van der Waals surface area contributed by atoms with Crippen LogP contribution in [0.25, 0.3) is 0 Å². The molecule has 7 atom stereocenters. The molecule has 2 bridgehead atoms. The number of methoxy groups -OCH3 is 1. The van der Waals surface area contributed by atoms with Gasteiger partial charge in [-0.1, -0.05) is 47.2 Å². The van der Waals surface area contributed by atoms with Crippen LogP contribution in [-0.2, 0) is 14.4 Å². The summed E-state index contributed by atoms with van der Waals surface area (Å²) in [7, 11) is 1.58. The van der Waals surface area contributed by atoms with E-state index in [1.54, 1.807) is 43.1 Å². The maximum atomic E-state index is 14.1. The molecule has 3 fully saturated rings. The molecule has 2 aliphatic carbocycles. The quantitative estimate of drug-likeness (QED) is 0.255. The van der Waals surface area contributed by atoms with Crippen molar-refractivity contribution in [3.8, 4) is 11.5 Å². The smallest absolute Gasteiger partial charge is 0.305 e. The van der Waals surface area contributed by atoms with E-state index in [1.165, 1.54) is 16.2 Å². The highest BCUT2D eigenvalue weighted by atomic mass is 32.2. The molecule has 0 radical (unpaired) electrons. The van der Waals surface area contributed by atoms with Crippen LogP contribution >= 0.6 is 23.1 Å². The summed E-state index contributed by atoms with van der Waals surface area (Å²) < 4.78 is 11.5. The highest BCUT2D eigenvalue weighted by Gasteiger charge is 2.69. The molecule has 1 saturated heterocycles. The van der Waals surface area contributed by atoms with Gasteiger partial charge in [-0.3, -0.25) is 24.1 Å². The van der Waals surface area contributed by atoms with Crippen molar-refractivity contribution in [2.45, 2.75) is 29.5 Å². The number of benzene rings is 3. The third-order valence-electron chi connectivity index (χ3n) is 10.0. The summed E-state index contributed by atoms with van der Waals surface area (Å²) in [5.41, 5.74) is 3.23. The van der Waals surface area contributed by atoms with Crippen molar-refractivity contribution >= 4 is 52.2 Å². The number of nitrogens with zero attached hydrogens (tertiary/aromatic N) is 1. The van der Waals surface area contributed by atoms with Crippen molar-refractivity contribution in [2.75, 3.05) is 23.9 Å². The molecule has 234 valence electrons. The molecule has 46 heavy (non-hydrogen) atoms. The van der Waals surface area contributed by atoms with Crippen LogP contribution in [0.5, 0.6) is 11.5 Å². The third kappa shape index (κ3) is 4.59. The van der Waals surface area contributed by atoms with Gasteiger partial charge in [0.25, 0.3) is 5.91 Å². The second kappa shape index (κ2) is 11.2. The first-order valence-corrected chi connectivity index (χ1v) is 17.0. The molecular weight excluding hydrogens is 623 g/mol. The number of nitrogens with one attached hydrogen (secondary N) is 2. The number of fused-ring (bicyclic) bond motifs is 9. The number of para-hydroxylation sites is 1. The van der Waals surface area contributed by atoms with Crippen molar-refractivity contribution in [3.05, 3.63) is 98.5 Å². The molecule has 2 aliphatic heterocycles. The zero-order valence-electron chi connectivity index (χ0n) is 25.1. The van der Waals surface area contributed by atoms with Gasteiger partial charge in [0.15, 0.2) is 6.61 Å². The van der Waals surface area contributed by atoms with Crippen LogP contribution in [0, 0.1) is 36.5 Å². The fourth-order valence-electron chi connectivity index (χ4n) is 8.20. The Labute approximate surface area is 273 Å². The first-order valence-electron chi connectivity index (χ1n) is 15.3. The molecule has 2 saturated carbocycles. The third-order valence-corrected chi connectivity index (χ3v) is 12.6. The number of aromatic nitrogens is 1. The van der Waals surface area contributed by atoms with Crippen LogP contribution in [0.15, 0.2) is 82.6 Å². The van der Waals surface area contributed by atoms with Gasteiger partial charge in [-0.15, -0.1) is 11.8 Å². The van der Waals surface area contributed by atoms with E-state index in [2.05, 4.69) is 10.3 Å². The summed E-state index contributed by atoms with van der Waals surface area (Å²) in [6.07, 6.45) is 0.781. The number of H-pyrrole nitrogens is 1. The van der Waals surface area contributed by atoms with Crippen LogP contribution in [0.4, 0.5) is 11.4 Å². The van der Waals surface area contributed by atoms with E-state index in [-0.39, 0.29) is 58.1 Å². The highest BCUT2D eigenvalue weighted by molar-refractivity contribution is 8.00. The van der Waals surface area contributed by atoms with Crippen molar-refractivity contribution in [1.82, 2.24) is 4.98 Å². The molecule has 2 N–H and O–H groups in total. The normalized spacial score (nSPS) is 27.3. The van der Waals surface area contributed by atoms with E-state index in [0.717, 1.165) is 27.5 Å². The average Bonchev–Trinajstić information content (AvgIpc) is 3.80. The molecule has 8 rings (SSSR count). The SMILES string of the molecule is COc1ccc(N2C(=O)[C@H]3[C@H]4C[C@@H]([C@@H]3C2=O)[C@@H]2[C@H](c3ccccc3OCC(=O)Nc3ccc(C)cc3)c3sc(=O)[nH]c3S[C@H]42)cc1. The van der Waals surface area contributed by atoms with Gasteiger partial charge >= 0.3 is 4.87 Å². The molecule has 3 heterocycles. The Morgan fingerprint density at radius 3 is 2.41 bits per heavy atom. The Hall–Kier alpha value is -4.35. The fourth-order valence-corrected chi connectivity index (χ4v) is 11.1. The number of hydrogen-bond acceptors (Lipinski definition) is 8. The molecular formula is C35H31N3O6S2. The number of anilines is 2. The zero-order valence-corrected chi connectivity index (χ0v) is 26.7. The van der Waals surface area contributed by atoms with E-state index in [0.29, 0.717) is 22.9 Å². The van der Waals surface area contributed by atoms with Gasteiger partial charge in [0, 0.05) is 27.3 Å². The lowest BCUT2D eigenvalue weighted by molar-refractivity contribution is -0.123. The van der Waals surface area contributed by atoms with E-state index in [9.17, 15) is 19.2 Å². The first-order chi connectivity index (χ1) is 22.3. The number of thioether (sulfide) groups is 1. The van der Waals surface area contributed by atoms with Crippen LogP contribution in [-0.4, -0.2) is 41.7 Å². The standard InChI is InChI=1S/C35H31N3O6S2/c1-17-7-9-18(10-8-17)36-25(39)16-44-24-6-4-3-5-21(24)26-27-22-15-23(30(27)45-32-31(26)46-35(42)37-32)29-28(22)33(40)38(34(29)41)19-11-13-20(43-2)14-12-19/h3-14,22-23,26-30H,15-16H2,1-2H3,(H,36,39)(H,37,42)/t22-,23-,26+,27-,28+,29+,30-/m1/s1. The Morgan fingerprint density at radius 1 is 0.957 bits per heavy atom. The Morgan fingerprint density at radius 2 is 1.67 bits per heavy atom. The molecule has 11 heteroatoms. The summed E-state index contributed by atoms with van der Waals surface area (Å²) in [5.74, 6) is -0.427. The van der Waals surface area contributed by atoms with Gasteiger partial charge in [0.1, 0.15) is 11.5 Å². The molecule has 3 aromatic carbocycles. The lowest BCUT2D eigenvalue weighted by Crippen LogP contribution is -2.42. The van der Waals surface area contributed by atoms with Crippen molar-refractivity contribution in [1.29, 1.82) is 0 Å².